The zero-order valence-corrected chi connectivity index (χ0v) is 12.7. The third kappa shape index (κ3) is 7.02. The lowest BCUT2D eigenvalue weighted by molar-refractivity contribution is 0.0534. The molecule has 0 fully saturated rings. The summed E-state index contributed by atoms with van der Waals surface area (Å²) >= 11 is 0. The third-order valence-electron chi connectivity index (χ3n) is 2.00. The van der Waals surface area contributed by atoms with E-state index in [4.69, 9.17) is 9.66 Å². The van der Waals surface area contributed by atoms with Crippen LogP contribution < -0.4 is 0 Å². The number of hydrogen-bond acceptors (Lipinski definition) is 5. The fourth-order valence-electron chi connectivity index (χ4n) is 1.12. The molecule has 24 heavy (non-hydrogen) atoms. The second kappa shape index (κ2) is 9.30. The Labute approximate surface area is 132 Å². The van der Waals surface area contributed by atoms with Crippen molar-refractivity contribution < 1.29 is 49.6 Å². The molecule has 1 aromatic carbocycles. The largest absolute Gasteiger partial charge is 0.458 e. The molecule has 136 valence electrons. The van der Waals surface area contributed by atoms with Gasteiger partial charge >= 0.3 is 5.97 Å². The van der Waals surface area contributed by atoms with Gasteiger partial charge in [-0.05, 0) is 6.08 Å². The summed E-state index contributed by atoms with van der Waals surface area (Å²) in [5.74, 6) is -13.0. The van der Waals surface area contributed by atoms with E-state index < -0.39 is 57.3 Å². The van der Waals surface area contributed by atoms with E-state index in [0.29, 0.717) is 6.26 Å². The van der Waals surface area contributed by atoms with Crippen molar-refractivity contribution in [1.29, 1.82) is 0 Å². The Balaban J connectivity index is 0.000000922. The quantitative estimate of drug-likeness (QED) is 0.206. The SMILES string of the molecule is CS(=O)(=O)O.O=C(OCC=CCO)c1c(F)c(F)c(F)c(F)c1F. The van der Waals surface area contributed by atoms with Crippen LogP contribution in [-0.4, -0.2) is 43.5 Å². The molecule has 0 saturated heterocycles. The Kier molecular flexibility index (Phi) is 8.50. The fourth-order valence-corrected chi connectivity index (χ4v) is 1.12. The van der Waals surface area contributed by atoms with E-state index >= 15 is 0 Å². The molecule has 0 aliphatic rings. The maximum atomic E-state index is 13.1. The van der Waals surface area contributed by atoms with Crippen molar-refractivity contribution >= 4 is 16.1 Å². The maximum Gasteiger partial charge on any atom is 0.344 e. The minimum Gasteiger partial charge on any atom is -0.458 e. The van der Waals surface area contributed by atoms with Gasteiger partial charge in [-0.25, -0.2) is 26.7 Å². The maximum absolute atomic E-state index is 13.1. The lowest BCUT2D eigenvalue weighted by Crippen LogP contribution is -2.15. The van der Waals surface area contributed by atoms with Crippen LogP contribution in [-0.2, 0) is 14.9 Å². The smallest absolute Gasteiger partial charge is 0.344 e. The zero-order chi connectivity index (χ0) is 19.1. The van der Waals surface area contributed by atoms with Crippen molar-refractivity contribution in [3.63, 3.8) is 0 Å². The predicted molar refractivity (Wildman–Crippen MR) is 70.2 cm³/mol. The molecule has 0 saturated carbocycles. The lowest BCUT2D eigenvalue weighted by Gasteiger charge is -2.07. The molecule has 0 atom stereocenters. The molecule has 6 nitrogen and oxygen atoms in total. The Morgan fingerprint density at radius 3 is 1.75 bits per heavy atom. The molecule has 0 amide bonds. The topological polar surface area (TPSA) is 101 Å². The van der Waals surface area contributed by atoms with Crippen LogP contribution >= 0.6 is 0 Å². The van der Waals surface area contributed by atoms with Crippen LogP contribution in [0.25, 0.3) is 0 Å². The van der Waals surface area contributed by atoms with E-state index in [1.54, 1.807) is 0 Å². The van der Waals surface area contributed by atoms with Gasteiger partial charge in [0.1, 0.15) is 12.2 Å². The van der Waals surface area contributed by atoms with E-state index in [-0.39, 0.29) is 6.61 Å². The van der Waals surface area contributed by atoms with Gasteiger partial charge in [0, 0.05) is 0 Å². The van der Waals surface area contributed by atoms with Crippen LogP contribution in [0.5, 0.6) is 0 Å². The summed E-state index contributed by atoms with van der Waals surface area (Å²) in [4.78, 5) is 11.2. The molecule has 12 heteroatoms. The predicted octanol–water partition coefficient (Wildman–Crippen LogP) is 1.59. The third-order valence-corrected chi connectivity index (χ3v) is 2.00. The van der Waals surface area contributed by atoms with Crippen LogP contribution in [0.2, 0.25) is 0 Å². The number of benzene rings is 1. The van der Waals surface area contributed by atoms with Crippen molar-refractivity contribution in [3.05, 3.63) is 46.8 Å². The van der Waals surface area contributed by atoms with Crippen LogP contribution in [0, 0.1) is 29.1 Å². The number of hydrogen-bond donors (Lipinski definition) is 2. The normalized spacial score (nSPS) is 11.2. The number of carbonyl (C=O) groups excluding carboxylic acids is 1. The number of halogens is 5. The van der Waals surface area contributed by atoms with E-state index in [2.05, 4.69) is 4.74 Å². The first-order chi connectivity index (χ1) is 10.9. The molecule has 2 N–H and O–H groups in total. The lowest BCUT2D eigenvalue weighted by atomic mass is 10.1. The molecule has 0 unspecified atom stereocenters. The van der Waals surface area contributed by atoms with Crippen molar-refractivity contribution in [2.24, 2.45) is 0 Å². The van der Waals surface area contributed by atoms with E-state index in [9.17, 15) is 35.2 Å². The average Bonchev–Trinajstić information content (AvgIpc) is 2.46. The summed E-state index contributed by atoms with van der Waals surface area (Å²) in [5.41, 5.74) is -1.66. The molecule has 0 aromatic heterocycles. The van der Waals surface area contributed by atoms with Gasteiger partial charge in [-0.2, -0.15) is 8.42 Å². The number of aliphatic hydroxyl groups excluding tert-OH is 1. The highest BCUT2D eigenvalue weighted by atomic mass is 32.2. The number of carbonyl (C=O) groups is 1. The highest BCUT2D eigenvalue weighted by Gasteiger charge is 2.30. The Bertz CT molecular complexity index is 695. The number of ether oxygens (including phenoxy) is 1. The first-order valence-corrected chi connectivity index (χ1v) is 7.63. The summed E-state index contributed by atoms with van der Waals surface area (Å²) in [6.45, 7) is -0.848. The molecule has 1 aromatic rings. The van der Waals surface area contributed by atoms with Gasteiger partial charge in [-0.15, -0.1) is 0 Å². The van der Waals surface area contributed by atoms with E-state index in [1.807, 2.05) is 0 Å². The minimum atomic E-state index is -3.67. The fraction of sp³-hybridized carbons (Fsp3) is 0.250. The van der Waals surface area contributed by atoms with Crippen LogP contribution in [0.4, 0.5) is 22.0 Å². The molecule has 0 bridgehead atoms. The Hall–Kier alpha value is -2.05. The first kappa shape index (κ1) is 21.9. The van der Waals surface area contributed by atoms with Crippen LogP contribution in [0.15, 0.2) is 12.2 Å². The van der Waals surface area contributed by atoms with E-state index in [1.165, 1.54) is 0 Å². The van der Waals surface area contributed by atoms with Crippen molar-refractivity contribution in [2.75, 3.05) is 19.5 Å². The molecule has 1 rings (SSSR count). The Morgan fingerprint density at radius 1 is 1.00 bits per heavy atom. The summed E-state index contributed by atoms with van der Waals surface area (Å²) in [5, 5.41) is 8.35. The average molecular weight is 378 g/mol. The second-order valence-corrected chi connectivity index (χ2v) is 5.40. The Morgan fingerprint density at radius 2 is 1.38 bits per heavy atom. The number of rotatable bonds is 4. The minimum absolute atomic E-state index is 0.361. The highest BCUT2D eigenvalue weighted by molar-refractivity contribution is 7.85. The molecule has 0 spiro atoms. The molecule has 0 aliphatic carbocycles. The number of esters is 1. The summed E-state index contributed by atoms with van der Waals surface area (Å²) < 4.78 is 94.7. The monoisotopic (exact) mass is 378 g/mol. The van der Waals surface area contributed by atoms with E-state index in [0.717, 1.165) is 12.2 Å². The molecular formula is C12H11F5O6S. The van der Waals surface area contributed by atoms with Crippen molar-refractivity contribution in [1.82, 2.24) is 0 Å². The van der Waals surface area contributed by atoms with Gasteiger partial charge in [-0.3, -0.25) is 4.55 Å². The summed E-state index contributed by atoms with van der Waals surface area (Å²) in [6, 6.07) is 0. The molecule has 0 heterocycles. The van der Waals surface area contributed by atoms with Gasteiger partial charge in [-0.1, -0.05) is 6.08 Å². The van der Waals surface area contributed by atoms with Crippen molar-refractivity contribution in [3.8, 4) is 0 Å². The van der Waals surface area contributed by atoms with Crippen LogP contribution in [0.3, 0.4) is 0 Å². The van der Waals surface area contributed by atoms with Gasteiger partial charge in [0.2, 0.25) is 5.82 Å². The van der Waals surface area contributed by atoms with Gasteiger partial charge in [0.05, 0.1) is 12.9 Å². The van der Waals surface area contributed by atoms with Crippen molar-refractivity contribution in [2.45, 2.75) is 0 Å². The summed E-state index contributed by atoms with van der Waals surface area (Å²) in [7, 11) is -3.67. The van der Waals surface area contributed by atoms with Gasteiger partial charge < -0.3 is 9.84 Å². The number of aliphatic hydroxyl groups is 1. The summed E-state index contributed by atoms with van der Waals surface area (Å²) in [6.07, 6.45) is 3.00. The van der Waals surface area contributed by atoms with Crippen LogP contribution in [0.1, 0.15) is 10.4 Å². The van der Waals surface area contributed by atoms with Gasteiger partial charge in [0.25, 0.3) is 10.1 Å². The molecular weight excluding hydrogens is 367 g/mol. The highest BCUT2D eigenvalue weighted by Crippen LogP contribution is 2.23. The van der Waals surface area contributed by atoms with Gasteiger partial charge in [0.15, 0.2) is 23.3 Å². The molecule has 0 radical (unpaired) electrons. The standard InChI is InChI=1S/C11H7F5O3.CH4O3S/c12-6-5(11(18)19-4-2-1-3-17)7(13)9(15)10(16)8(6)14;1-5(2,3)4/h1-2,17H,3-4H2;1H3,(H,2,3,4). The second-order valence-electron chi connectivity index (χ2n) is 3.93. The molecule has 0 aliphatic heterocycles. The zero-order valence-electron chi connectivity index (χ0n) is 11.9. The first-order valence-electron chi connectivity index (χ1n) is 5.78.